The van der Waals surface area contributed by atoms with E-state index in [0.29, 0.717) is 16.4 Å². The lowest BCUT2D eigenvalue weighted by molar-refractivity contribution is 0.235. The van der Waals surface area contributed by atoms with Crippen LogP contribution in [0.4, 0.5) is 20.6 Å². The van der Waals surface area contributed by atoms with Gasteiger partial charge >= 0.3 is 6.03 Å². The Morgan fingerprint density at radius 1 is 1.14 bits per heavy atom. The van der Waals surface area contributed by atoms with Crippen molar-refractivity contribution in [2.24, 2.45) is 4.99 Å². The number of nitrogens with zero attached hydrogens (tertiary/aromatic N) is 1. The van der Waals surface area contributed by atoms with Crippen LogP contribution in [0, 0.1) is 5.82 Å². The Kier molecular flexibility index (Phi) is 6.75. The minimum Gasteiger partial charge on any atom is -0.333 e. The van der Waals surface area contributed by atoms with Gasteiger partial charge < -0.3 is 10.6 Å². The molecule has 0 unspecified atom stereocenters. The minimum atomic E-state index is -0.511. The van der Waals surface area contributed by atoms with Crippen LogP contribution in [0.25, 0.3) is 0 Å². The number of carbonyl (C=O) groups excluding carboxylic acids is 1. The summed E-state index contributed by atoms with van der Waals surface area (Å²) >= 11 is 4.74. The lowest BCUT2D eigenvalue weighted by Crippen LogP contribution is -2.28. The number of para-hydroxylation sites is 1. The summed E-state index contributed by atoms with van der Waals surface area (Å²) < 4.78 is 14.4. The van der Waals surface area contributed by atoms with E-state index in [1.807, 2.05) is 30.3 Å². The second-order valence-electron chi connectivity index (χ2n) is 5.61. The van der Waals surface area contributed by atoms with Gasteiger partial charge in [0.2, 0.25) is 0 Å². The number of hydroxylamine groups is 1. The maximum absolute atomic E-state index is 13.6. The number of aliphatic imine (C=N–C) groups is 1. The first-order chi connectivity index (χ1) is 13.5. The van der Waals surface area contributed by atoms with Crippen molar-refractivity contribution in [2.45, 2.75) is 6.54 Å². The van der Waals surface area contributed by atoms with Crippen molar-refractivity contribution in [3.05, 3.63) is 80.7 Å². The smallest absolute Gasteiger partial charge is 0.319 e. The van der Waals surface area contributed by atoms with E-state index in [9.17, 15) is 14.4 Å². The first-order valence-corrected chi connectivity index (χ1v) is 9.79. The van der Waals surface area contributed by atoms with Crippen LogP contribution in [0.3, 0.4) is 0 Å². The van der Waals surface area contributed by atoms with Crippen LogP contribution in [0.5, 0.6) is 0 Å². The molecule has 1 aromatic heterocycles. The molecule has 28 heavy (non-hydrogen) atoms. The molecule has 4 N–H and O–H groups in total. The highest BCUT2D eigenvalue weighted by atomic mass is 79.9. The number of nitrogens with one attached hydrogen (secondary N) is 3. The van der Waals surface area contributed by atoms with Crippen LogP contribution in [0.15, 0.2) is 70.1 Å². The van der Waals surface area contributed by atoms with Crippen molar-refractivity contribution in [1.82, 2.24) is 10.8 Å². The van der Waals surface area contributed by atoms with Gasteiger partial charge in [0.1, 0.15) is 5.82 Å². The standard InChI is InChI=1S/C19H16BrFN4O2S/c20-12-4-3-5-13(10-12)23-18(25-27)17-9-8-14(28-17)11-22-19(26)24-16-7-2-1-6-15(16)21/h1-10,27H,11H2,(H,23,25)(H2,22,24,26). The quantitative estimate of drug-likeness (QED) is 0.243. The normalized spacial score (nSPS) is 11.2. The van der Waals surface area contributed by atoms with Crippen LogP contribution >= 0.6 is 27.3 Å². The van der Waals surface area contributed by atoms with Crippen molar-refractivity contribution in [3.8, 4) is 0 Å². The van der Waals surface area contributed by atoms with Crippen LogP contribution in [-0.4, -0.2) is 17.1 Å². The summed E-state index contributed by atoms with van der Waals surface area (Å²) in [7, 11) is 0. The van der Waals surface area contributed by atoms with E-state index in [0.717, 1.165) is 9.35 Å². The van der Waals surface area contributed by atoms with Gasteiger partial charge in [-0.05, 0) is 42.5 Å². The van der Waals surface area contributed by atoms with E-state index in [1.165, 1.54) is 23.5 Å². The largest absolute Gasteiger partial charge is 0.333 e. The molecule has 0 bridgehead atoms. The Bertz CT molecular complexity index is 1010. The zero-order valence-corrected chi connectivity index (χ0v) is 16.8. The highest BCUT2D eigenvalue weighted by Gasteiger charge is 2.10. The fourth-order valence-corrected chi connectivity index (χ4v) is 3.58. The summed E-state index contributed by atoms with van der Waals surface area (Å²) in [6.07, 6.45) is 0. The summed E-state index contributed by atoms with van der Waals surface area (Å²) in [5.74, 6) is -0.205. The predicted molar refractivity (Wildman–Crippen MR) is 112 cm³/mol. The van der Waals surface area contributed by atoms with Crippen LogP contribution in [0.1, 0.15) is 9.75 Å². The Morgan fingerprint density at radius 2 is 1.96 bits per heavy atom. The zero-order valence-electron chi connectivity index (χ0n) is 14.4. The monoisotopic (exact) mass is 462 g/mol. The Morgan fingerprint density at radius 3 is 2.71 bits per heavy atom. The summed E-state index contributed by atoms with van der Waals surface area (Å²) in [5, 5.41) is 14.6. The number of thiophene rings is 1. The summed E-state index contributed by atoms with van der Waals surface area (Å²) in [6, 6.07) is 16.4. The molecule has 0 aliphatic carbocycles. The first-order valence-electron chi connectivity index (χ1n) is 8.18. The SMILES string of the molecule is O=C(NCc1ccc(C(=Nc2cccc(Br)c2)NO)s1)Nc1ccccc1F. The topological polar surface area (TPSA) is 85.8 Å². The third-order valence-corrected chi connectivity index (χ3v) is 5.18. The van der Waals surface area contributed by atoms with Crippen LogP contribution in [-0.2, 0) is 6.54 Å². The Labute approximate surface area is 173 Å². The van der Waals surface area contributed by atoms with Crippen molar-refractivity contribution in [2.75, 3.05) is 5.32 Å². The number of amidine groups is 1. The highest BCUT2D eigenvalue weighted by molar-refractivity contribution is 9.10. The molecule has 3 aromatic rings. The molecule has 0 fully saturated rings. The number of hydrogen-bond acceptors (Lipinski definition) is 4. The van der Waals surface area contributed by atoms with Crippen molar-refractivity contribution < 1.29 is 14.4 Å². The molecule has 0 atom stereocenters. The molecular weight excluding hydrogens is 447 g/mol. The van der Waals surface area contributed by atoms with E-state index in [1.54, 1.807) is 18.2 Å². The number of rotatable bonds is 5. The van der Waals surface area contributed by atoms with E-state index >= 15 is 0 Å². The number of halogens is 2. The van der Waals surface area contributed by atoms with E-state index in [4.69, 9.17) is 0 Å². The molecule has 0 aliphatic rings. The van der Waals surface area contributed by atoms with E-state index in [-0.39, 0.29) is 12.2 Å². The summed E-state index contributed by atoms with van der Waals surface area (Å²) in [6.45, 7) is 0.251. The second-order valence-corrected chi connectivity index (χ2v) is 7.69. The first kappa shape index (κ1) is 20.0. The van der Waals surface area contributed by atoms with E-state index in [2.05, 4.69) is 37.0 Å². The molecule has 0 saturated heterocycles. The summed E-state index contributed by atoms with van der Waals surface area (Å²) in [4.78, 5) is 17.9. The molecule has 6 nitrogen and oxygen atoms in total. The molecule has 2 amide bonds. The maximum Gasteiger partial charge on any atom is 0.319 e. The van der Waals surface area contributed by atoms with Gasteiger partial charge in [-0.3, -0.25) is 10.7 Å². The fraction of sp³-hybridized carbons (Fsp3) is 0.0526. The van der Waals surface area contributed by atoms with Gasteiger partial charge in [0.15, 0.2) is 5.84 Å². The Hall–Kier alpha value is -2.75. The molecule has 0 radical (unpaired) electrons. The van der Waals surface area contributed by atoms with Gasteiger partial charge in [-0.1, -0.05) is 34.1 Å². The Balaban J connectivity index is 1.63. The molecule has 9 heteroatoms. The number of amides is 2. The molecule has 1 heterocycles. The lowest BCUT2D eigenvalue weighted by Gasteiger charge is -2.07. The molecule has 2 aromatic carbocycles. The van der Waals surface area contributed by atoms with Gasteiger partial charge in [0.25, 0.3) is 0 Å². The third-order valence-electron chi connectivity index (χ3n) is 3.60. The third kappa shape index (κ3) is 5.38. The number of benzene rings is 2. The fourth-order valence-electron chi connectivity index (χ4n) is 2.31. The number of carbonyl (C=O) groups is 1. The average molecular weight is 463 g/mol. The second kappa shape index (κ2) is 9.45. The van der Waals surface area contributed by atoms with Gasteiger partial charge in [-0.25, -0.2) is 14.2 Å². The van der Waals surface area contributed by atoms with Crippen molar-refractivity contribution in [3.63, 3.8) is 0 Å². The number of anilines is 1. The summed E-state index contributed by atoms with van der Waals surface area (Å²) in [5.41, 5.74) is 2.89. The van der Waals surface area contributed by atoms with Gasteiger partial charge in [-0.15, -0.1) is 11.3 Å². The molecule has 0 spiro atoms. The van der Waals surface area contributed by atoms with Crippen LogP contribution in [0.2, 0.25) is 0 Å². The molecule has 144 valence electrons. The van der Waals surface area contributed by atoms with Gasteiger partial charge in [0.05, 0.1) is 22.8 Å². The van der Waals surface area contributed by atoms with Crippen LogP contribution < -0.4 is 16.1 Å². The number of hydrogen-bond donors (Lipinski definition) is 4. The van der Waals surface area contributed by atoms with Crippen molar-refractivity contribution >= 4 is 50.5 Å². The number of urea groups is 1. The molecule has 3 rings (SSSR count). The predicted octanol–water partition coefficient (Wildman–Crippen LogP) is 5.03. The lowest BCUT2D eigenvalue weighted by atomic mass is 10.3. The zero-order chi connectivity index (χ0) is 19.9. The average Bonchev–Trinajstić information content (AvgIpc) is 3.15. The van der Waals surface area contributed by atoms with Crippen molar-refractivity contribution in [1.29, 1.82) is 0 Å². The highest BCUT2D eigenvalue weighted by Crippen LogP contribution is 2.22. The molecule has 0 saturated carbocycles. The molecule has 0 aliphatic heterocycles. The minimum absolute atomic E-state index is 0.111. The van der Waals surface area contributed by atoms with Gasteiger partial charge in [-0.2, -0.15) is 0 Å². The van der Waals surface area contributed by atoms with Gasteiger partial charge in [0, 0.05) is 9.35 Å². The maximum atomic E-state index is 13.6. The molecular formula is C19H16BrFN4O2S. The van der Waals surface area contributed by atoms with E-state index < -0.39 is 11.8 Å².